The molecule has 6 nitrogen and oxygen atoms in total. The molecule has 1 saturated carbocycles. The van der Waals surface area contributed by atoms with Crippen LogP contribution in [0.1, 0.15) is 24.8 Å². The molecule has 0 spiro atoms. The largest absolute Gasteiger partial charge is 0.355 e. The minimum absolute atomic E-state index is 0.0105. The van der Waals surface area contributed by atoms with Gasteiger partial charge in [-0.15, -0.1) is 0 Å². The van der Waals surface area contributed by atoms with E-state index in [4.69, 9.17) is 4.84 Å². The van der Waals surface area contributed by atoms with E-state index in [-0.39, 0.29) is 5.69 Å². The van der Waals surface area contributed by atoms with Gasteiger partial charge in [-0.2, -0.15) is 0 Å². The average Bonchev–Trinajstić information content (AvgIpc) is 3.13. The minimum atomic E-state index is -1.47. The highest BCUT2D eigenvalue weighted by atomic mass is 16.7. The second kappa shape index (κ2) is 3.78. The number of nitro groups is 1. The topological polar surface area (TPSA) is 85.0 Å². The summed E-state index contributed by atoms with van der Waals surface area (Å²) in [5.74, 6) is -1.02. The van der Waals surface area contributed by atoms with E-state index in [1.165, 1.54) is 24.3 Å². The molecule has 0 amide bonds. The molecule has 1 heterocycles. The van der Waals surface area contributed by atoms with Crippen LogP contribution in [0.4, 0.5) is 5.69 Å². The van der Waals surface area contributed by atoms with Crippen LogP contribution >= 0.6 is 0 Å². The lowest BCUT2D eigenvalue weighted by atomic mass is 9.98. The van der Waals surface area contributed by atoms with Gasteiger partial charge in [-0.1, -0.05) is 5.16 Å². The third kappa shape index (κ3) is 1.84. The Labute approximate surface area is 103 Å². The number of nitrogens with zero attached hydrogens (tertiary/aromatic N) is 2. The van der Waals surface area contributed by atoms with Gasteiger partial charge in [0.1, 0.15) is 0 Å². The molecule has 1 fully saturated rings. The molecule has 3 rings (SSSR count). The highest BCUT2D eigenvalue weighted by Gasteiger charge is 2.43. The zero-order valence-corrected chi connectivity index (χ0v) is 9.57. The number of aliphatic hydroxyl groups is 1. The number of hydrogen-bond acceptors (Lipinski definition) is 5. The summed E-state index contributed by atoms with van der Waals surface area (Å²) < 4.78 is 0. The van der Waals surface area contributed by atoms with E-state index in [0.717, 1.165) is 18.6 Å². The lowest BCUT2D eigenvalue weighted by Gasteiger charge is -2.19. The number of hydrogen-bond donors (Lipinski definition) is 1. The molecule has 1 N–H and O–H groups in total. The molecule has 2 aliphatic rings. The average molecular weight is 248 g/mol. The summed E-state index contributed by atoms with van der Waals surface area (Å²) in [5.41, 5.74) is 1.37. The Bertz CT molecular complexity index is 521. The van der Waals surface area contributed by atoms with E-state index in [0.29, 0.717) is 17.9 Å². The van der Waals surface area contributed by atoms with Crippen LogP contribution in [0.3, 0.4) is 0 Å². The van der Waals surface area contributed by atoms with Crippen LogP contribution in [0.5, 0.6) is 0 Å². The molecule has 0 radical (unpaired) electrons. The first-order valence-corrected chi connectivity index (χ1v) is 5.81. The third-order valence-corrected chi connectivity index (χ3v) is 3.31. The van der Waals surface area contributed by atoms with Gasteiger partial charge in [-0.3, -0.25) is 10.1 Å². The molecule has 1 aromatic carbocycles. The van der Waals surface area contributed by atoms with Crippen molar-refractivity contribution in [3.63, 3.8) is 0 Å². The maximum Gasteiger partial charge on any atom is 0.269 e. The van der Waals surface area contributed by atoms with Crippen LogP contribution in [-0.4, -0.2) is 15.7 Å². The van der Waals surface area contributed by atoms with E-state index in [1.54, 1.807) is 0 Å². The Kier molecular flexibility index (Phi) is 2.34. The molecule has 0 bridgehead atoms. The van der Waals surface area contributed by atoms with Gasteiger partial charge in [0.05, 0.1) is 17.1 Å². The van der Waals surface area contributed by atoms with Gasteiger partial charge in [0, 0.05) is 23.6 Å². The molecule has 94 valence electrons. The zero-order chi connectivity index (χ0) is 12.8. The molecular weight excluding hydrogens is 236 g/mol. The summed E-state index contributed by atoms with van der Waals surface area (Å²) in [6.45, 7) is 0. The number of benzene rings is 1. The SMILES string of the molecule is O=[N+]([O-])c1ccc(C2(O)CC(C3CC3)=NO2)cc1. The van der Waals surface area contributed by atoms with Crippen molar-refractivity contribution in [1.29, 1.82) is 0 Å². The highest BCUT2D eigenvalue weighted by Crippen LogP contribution is 2.41. The second-order valence-corrected chi connectivity index (χ2v) is 4.71. The summed E-state index contributed by atoms with van der Waals surface area (Å²) in [7, 11) is 0. The lowest BCUT2D eigenvalue weighted by Crippen LogP contribution is -2.25. The van der Waals surface area contributed by atoms with Crippen LogP contribution < -0.4 is 0 Å². The first-order valence-electron chi connectivity index (χ1n) is 5.81. The van der Waals surface area contributed by atoms with Crippen molar-refractivity contribution < 1.29 is 14.9 Å². The number of nitro benzene ring substituents is 1. The van der Waals surface area contributed by atoms with Crippen molar-refractivity contribution in [1.82, 2.24) is 0 Å². The Balaban J connectivity index is 1.80. The van der Waals surface area contributed by atoms with Crippen molar-refractivity contribution in [2.45, 2.75) is 25.0 Å². The predicted octanol–water partition coefficient (Wildman–Crippen LogP) is 1.93. The Hall–Kier alpha value is -1.95. The predicted molar refractivity (Wildman–Crippen MR) is 62.9 cm³/mol. The van der Waals surface area contributed by atoms with Crippen LogP contribution in [0.25, 0.3) is 0 Å². The molecule has 18 heavy (non-hydrogen) atoms. The van der Waals surface area contributed by atoms with Crippen LogP contribution in [-0.2, 0) is 10.6 Å². The normalized spacial score (nSPS) is 26.6. The quantitative estimate of drug-likeness (QED) is 0.654. The fraction of sp³-hybridized carbons (Fsp3) is 0.417. The van der Waals surface area contributed by atoms with E-state index in [1.807, 2.05) is 0 Å². The first-order chi connectivity index (χ1) is 8.58. The highest BCUT2D eigenvalue weighted by molar-refractivity contribution is 5.90. The summed E-state index contributed by atoms with van der Waals surface area (Å²) >= 11 is 0. The van der Waals surface area contributed by atoms with Gasteiger partial charge in [-0.05, 0) is 25.0 Å². The smallest absolute Gasteiger partial charge is 0.269 e. The fourth-order valence-corrected chi connectivity index (χ4v) is 2.08. The van der Waals surface area contributed by atoms with E-state index < -0.39 is 10.7 Å². The summed E-state index contributed by atoms with van der Waals surface area (Å²) in [6, 6.07) is 5.71. The standard InChI is InChI=1S/C12H12N2O4/c15-12(7-11(13-18-12)8-1-2-8)9-3-5-10(6-4-9)14(16)17/h3-6,8,15H,1-2,7H2. The summed E-state index contributed by atoms with van der Waals surface area (Å²) in [4.78, 5) is 15.2. The number of rotatable bonds is 3. The van der Waals surface area contributed by atoms with Gasteiger partial charge in [0.2, 0.25) is 0 Å². The van der Waals surface area contributed by atoms with Crippen LogP contribution in [0.15, 0.2) is 29.4 Å². The van der Waals surface area contributed by atoms with Crippen molar-refractivity contribution >= 4 is 11.4 Å². The molecule has 1 aliphatic heterocycles. The minimum Gasteiger partial charge on any atom is -0.355 e. The van der Waals surface area contributed by atoms with Crippen LogP contribution in [0.2, 0.25) is 0 Å². The molecule has 1 unspecified atom stereocenters. The molecule has 6 heteroatoms. The van der Waals surface area contributed by atoms with Gasteiger partial charge >= 0.3 is 0 Å². The monoisotopic (exact) mass is 248 g/mol. The molecular formula is C12H12N2O4. The molecule has 1 aromatic rings. The zero-order valence-electron chi connectivity index (χ0n) is 9.57. The van der Waals surface area contributed by atoms with Gasteiger partial charge in [0.15, 0.2) is 0 Å². The van der Waals surface area contributed by atoms with Gasteiger partial charge < -0.3 is 9.94 Å². The number of oxime groups is 1. The Morgan fingerprint density at radius 3 is 2.61 bits per heavy atom. The molecule has 1 aliphatic carbocycles. The van der Waals surface area contributed by atoms with Crippen molar-refractivity contribution in [2.75, 3.05) is 0 Å². The molecule has 0 aromatic heterocycles. The maximum absolute atomic E-state index is 10.6. The van der Waals surface area contributed by atoms with Gasteiger partial charge in [0.25, 0.3) is 11.5 Å². The number of non-ortho nitro benzene ring substituents is 1. The first kappa shape index (κ1) is 11.2. The summed E-state index contributed by atoms with van der Waals surface area (Å²) in [6.07, 6.45) is 2.53. The Morgan fingerprint density at radius 1 is 1.39 bits per heavy atom. The van der Waals surface area contributed by atoms with E-state index in [2.05, 4.69) is 5.16 Å². The van der Waals surface area contributed by atoms with Crippen molar-refractivity contribution in [3.05, 3.63) is 39.9 Å². The van der Waals surface area contributed by atoms with E-state index in [9.17, 15) is 15.2 Å². The lowest BCUT2D eigenvalue weighted by molar-refractivity contribution is -0.384. The fourth-order valence-electron chi connectivity index (χ4n) is 2.08. The molecule has 0 saturated heterocycles. The van der Waals surface area contributed by atoms with E-state index >= 15 is 0 Å². The molecule has 1 atom stereocenters. The third-order valence-electron chi connectivity index (χ3n) is 3.31. The van der Waals surface area contributed by atoms with Gasteiger partial charge in [-0.25, -0.2) is 0 Å². The van der Waals surface area contributed by atoms with Crippen LogP contribution in [0, 0.1) is 16.0 Å². The summed E-state index contributed by atoms with van der Waals surface area (Å²) in [5, 5.41) is 24.8. The van der Waals surface area contributed by atoms with Crippen molar-refractivity contribution in [3.8, 4) is 0 Å². The Morgan fingerprint density at radius 2 is 2.06 bits per heavy atom. The second-order valence-electron chi connectivity index (χ2n) is 4.71. The van der Waals surface area contributed by atoms with Crippen molar-refractivity contribution in [2.24, 2.45) is 11.1 Å². The maximum atomic E-state index is 10.6.